The number of benzene rings is 1. The van der Waals surface area contributed by atoms with Crippen LogP contribution in [-0.2, 0) is 4.79 Å². The van der Waals surface area contributed by atoms with E-state index in [0.29, 0.717) is 40.7 Å². The van der Waals surface area contributed by atoms with Crippen LogP contribution in [0.1, 0.15) is 26.2 Å². The summed E-state index contributed by atoms with van der Waals surface area (Å²) in [4.78, 5) is 32.9. The number of carbonyl (C=O) groups is 1. The van der Waals surface area contributed by atoms with E-state index in [1.807, 2.05) is 42.6 Å². The molecule has 1 amide bonds. The zero-order valence-electron chi connectivity index (χ0n) is 17.3. The van der Waals surface area contributed by atoms with Gasteiger partial charge in [-0.2, -0.15) is 0 Å². The molecule has 0 saturated carbocycles. The highest BCUT2D eigenvalue weighted by Crippen LogP contribution is 2.27. The number of amides is 1. The summed E-state index contributed by atoms with van der Waals surface area (Å²) in [6.07, 6.45) is 2.63. The van der Waals surface area contributed by atoms with Gasteiger partial charge in [0.15, 0.2) is 0 Å². The van der Waals surface area contributed by atoms with Gasteiger partial charge in [0.05, 0.1) is 24.2 Å². The van der Waals surface area contributed by atoms with Crippen molar-refractivity contribution in [2.75, 3.05) is 31.6 Å². The third-order valence-electron chi connectivity index (χ3n) is 5.40. The van der Waals surface area contributed by atoms with E-state index >= 15 is 0 Å². The largest absolute Gasteiger partial charge is 0.497 e. The van der Waals surface area contributed by atoms with Gasteiger partial charge in [0, 0.05) is 25.7 Å². The first-order chi connectivity index (χ1) is 14.6. The van der Waals surface area contributed by atoms with Crippen LogP contribution in [0.15, 0.2) is 40.5 Å². The summed E-state index contributed by atoms with van der Waals surface area (Å²) < 4.78 is 7.63. The topological polar surface area (TPSA) is 76.5 Å². The Hall–Kier alpha value is -2.87. The van der Waals surface area contributed by atoms with Crippen molar-refractivity contribution < 1.29 is 9.53 Å². The molecule has 0 radical (unpaired) electrons. The first kappa shape index (κ1) is 20.4. The Balaban J connectivity index is 1.78. The van der Waals surface area contributed by atoms with Gasteiger partial charge in [-0.25, -0.2) is 9.55 Å². The lowest BCUT2D eigenvalue weighted by atomic mass is 9.97. The highest BCUT2D eigenvalue weighted by molar-refractivity contribution is 7.17. The van der Waals surface area contributed by atoms with Crippen LogP contribution >= 0.6 is 11.3 Å². The minimum Gasteiger partial charge on any atom is -0.497 e. The van der Waals surface area contributed by atoms with Gasteiger partial charge in [-0.05, 0) is 42.8 Å². The second-order valence-corrected chi connectivity index (χ2v) is 8.38. The molecule has 1 unspecified atom stereocenters. The molecule has 1 atom stereocenters. The molecule has 7 nitrogen and oxygen atoms in total. The number of aromatic nitrogens is 2. The first-order valence-electron chi connectivity index (χ1n) is 10.3. The fraction of sp³-hybridized carbons (Fsp3) is 0.409. The number of hydrogen-bond donors (Lipinski definition) is 1. The summed E-state index contributed by atoms with van der Waals surface area (Å²) in [6, 6.07) is 9.29. The lowest BCUT2D eigenvalue weighted by Gasteiger charge is -2.34. The number of ether oxygens (including phenoxy) is 1. The van der Waals surface area contributed by atoms with Gasteiger partial charge < -0.3 is 15.0 Å². The molecule has 1 fully saturated rings. The maximum absolute atomic E-state index is 13.4. The lowest BCUT2D eigenvalue weighted by Crippen LogP contribution is -2.45. The molecule has 1 aromatic carbocycles. The van der Waals surface area contributed by atoms with Crippen LogP contribution in [0.4, 0.5) is 5.95 Å². The number of rotatable bonds is 6. The smallest absolute Gasteiger partial charge is 0.277 e. The molecule has 3 aromatic rings. The molecule has 158 valence electrons. The van der Waals surface area contributed by atoms with Crippen LogP contribution in [0.25, 0.3) is 15.9 Å². The second kappa shape index (κ2) is 8.87. The number of thiophene rings is 1. The molecule has 8 heteroatoms. The van der Waals surface area contributed by atoms with Gasteiger partial charge >= 0.3 is 0 Å². The summed E-state index contributed by atoms with van der Waals surface area (Å²) >= 11 is 1.39. The molecule has 1 aliphatic rings. The maximum Gasteiger partial charge on any atom is 0.277 e. The number of hydrogen-bond acceptors (Lipinski definition) is 6. The minimum absolute atomic E-state index is 0.0773. The molecule has 1 N–H and O–H groups in total. The van der Waals surface area contributed by atoms with Crippen molar-refractivity contribution in [3.05, 3.63) is 46.1 Å². The molecule has 1 aliphatic heterocycles. The molecule has 1 saturated heterocycles. The van der Waals surface area contributed by atoms with E-state index in [2.05, 4.69) is 10.2 Å². The first-order valence-corrected chi connectivity index (χ1v) is 11.2. The predicted octanol–water partition coefficient (Wildman–Crippen LogP) is 3.20. The molecule has 0 spiro atoms. The van der Waals surface area contributed by atoms with Crippen molar-refractivity contribution in [3.8, 4) is 11.4 Å². The van der Waals surface area contributed by atoms with Crippen molar-refractivity contribution in [2.24, 2.45) is 5.92 Å². The van der Waals surface area contributed by atoms with E-state index in [-0.39, 0.29) is 17.4 Å². The molecule has 0 bridgehead atoms. The molecule has 2 aromatic heterocycles. The van der Waals surface area contributed by atoms with Crippen molar-refractivity contribution in [2.45, 2.75) is 26.2 Å². The van der Waals surface area contributed by atoms with Gasteiger partial charge in [-0.15, -0.1) is 11.3 Å². The zero-order chi connectivity index (χ0) is 21.1. The van der Waals surface area contributed by atoms with Crippen molar-refractivity contribution >= 4 is 33.4 Å². The normalized spacial score (nSPS) is 16.6. The van der Waals surface area contributed by atoms with Crippen LogP contribution in [0.3, 0.4) is 0 Å². The number of methoxy groups -OCH3 is 1. The highest BCUT2D eigenvalue weighted by Gasteiger charge is 2.29. The fourth-order valence-corrected chi connectivity index (χ4v) is 4.62. The molecule has 30 heavy (non-hydrogen) atoms. The van der Waals surface area contributed by atoms with E-state index in [1.54, 1.807) is 11.7 Å². The Morgan fingerprint density at radius 1 is 1.37 bits per heavy atom. The van der Waals surface area contributed by atoms with Crippen molar-refractivity contribution in [1.29, 1.82) is 0 Å². The second-order valence-electron chi connectivity index (χ2n) is 7.47. The monoisotopic (exact) mass is 426 g/mol. The number of fused-ring (bicyclic) bond motifs is 1. The highest BCUT2D eigenvalue weighted by atomic mass is 32.1. The molecular weight excluding hydrogens is 400 g/mol. The summed E-state index contributed by atoms with van der Waals surface area (Å²) in [7, 11) is 1.60. The van der Waals surface area contributed by atoms with E-state index in [0.717, 1.165) is 25.8 Å². The van der Waals surface area contributed by atoms with Crippen LogP contribution in [0.2, 0.25) is 0 Å². The molecule has 0 aliphatic carbocycles. The third kappa shape index (κ3) is 3.92. The SMILES string of the molecule is CCCNC(=O)C1CCCN(c2nc3ccsc3c(=O)n2-c2cccc(OC)c2)C1. The summed E-state index contributed by atoms with van der Waals surface area (Å²) in [6.45, 7) is 4.02. The maximum atomic E-state index is 13.4. The number of piperidine rings is 1. The number of anilines is 1. The Kier molecular flexibility index (Phi) is 6.03. The van der Waals surface area contributed by atoms with Gasteiger partial charge in [0.2, 0.25) is 11.9 Å². The van der Waals surface area contributed by atoms with Crippen LogP contribution in [-0.4, -0.2) is 42.2 Å². The van der Waals surface area contributed by atoms with Crippen molar-refractivity contribution in [1.82, 2.24) is 14.9 Å². The van der Waals surface area contributed by atoms with Crippen molar-refractivity contribution in [3.63, 3.8) is 0 Å². The molecule has 3 heterocycles. The third-order valence-corrected chi connectivity index (χ3v) is 6.29. The summed E-state index contributed by atoms with van der Waals surface area (Å²) in [5.41, 5.74) is 1.29. The average molecular weight is 427 g/mol. The Morgan fingerprint density at radius 3 is 3.03 bits per heavy atom. The quantitative estimate of drug-likeness (QED) is 0.655. The standard InChI is InChI=1S/C22H26N4O3S/c1-3-10-23-20(27)15-6-5-11-25(14-15)22-24-18-9-12-30-19(18)21(28)26(22)16-7-4-8-17(13-16)29-2/h4,7-9,12-13,15H,3,5-6,10-11,14H2,1-2H3,(H,23,27). The summed E-state index contributed by atoms with van der Waals surface area (Å²) in [5.74, 6) is 1.21. The van der Waals surface area contributed by atoms with Crippen LogP contribution in [0, 0.1) is 5.92 Å². The Morgan fingerprint density at radius 2 is 2.23 bits per heavy atom. The molecular formula is C22H26N4O3S. The van der Waals surface area contributed by atoms with Crippen LogP contribution in [0.5, 0.6) is 5.75 Å². The van der Waals surface area contributed by atoms with Gasteiger partial charge in [-0.3, -0.25) is 9.59 Å². The van der Waals surface area contributed by atoms with E-state index < -0.39 is 0 Å². The fourth-order valence-electron chi connectivity index (χ4n) is 3.86. The summed E-state index contributed by atoms with van der Waals surface area (Å²) in [5, 5.41) is 4.89. The Bertz CT molecular complexity index is 1110. The Labute approximate surface area is 179 Å². The zero-order valence-corrected chi connectivity index (χ0v) is 18.1. The number of nitrogens with one attached hydrogen (secondary N) is 1. The average Bonchev–Trinajstić information content (AvgIpc) is 3.26. The van der Waals surface area contributed by atoms with E-state index in [9.17, 15) is 9.59 Å². The van der Waals surface area contributed by atoms with Gasteiger partial charge in [-0.1, -0.05) is 13.0 Å². The van der Waals surface area contributed by atoms with Gasteiger partial charge in [0.1, 0.15) is 10.4 Å². The number of carbonyl (C=O) groups excluding carboxylic acids is 1. The van der Waals surface area contributed by atoms with Gasteiger partial charge in [0.25, 0.3) is 5.56 Å². The lowest BCUT2D eigenvalue weighted by molar-refractivity contribution is -0.125. The van der Waals surface area contributed by atoms with Crippen LogP contribution < -0.4 is 20.5 Å². The van der Waals surface area contributed by atoms with E-state index in [1.165, 1.54) is 11.3 Å². The van der Waals surface area contributed by atoms with E-state index in [4.69, 9.17) is 9.72 Å². The minimum atomic E-state index is -0.112. The molecule has 4 rings (SSSR count). The number of nitrogens with zero attached hydrogens (tertiary/aromatic N) is 3. The predicted molar refractivity (Wildman–Crippen MR) is 120 cm³/mol.